The number of esters is 1. The number of aliphatic hydroxyl groups excluding tert-OH is 2. The van der Waals surface area contributed by atoms with Crippen LogP contribution in [0.5, 0.6) is 0 Å². The average molecular weight is 1800 g/mol. The molecule has 3 fully saturated rings. The van der Waals surface area contributed by atoms with Crippen LogP contribution in [0, 0.1) is 35.5 Å². The van der Waals surface area contributed by atoms with Crippen molar-refractivity contribution in [1.29, 1.82) is 0 Å². The molecule has 16 atom stereocenters. The minimum absolute atomic E-state index is 0.00504. The van der Waals surface area contributed by atoms with E-state index >= 15 is 0 Å². The molecule has 1 aromatic carbocycles. The smallest absolute Gasteiger partial charge is 0.329 e. The highest BCUT2D eigenvalue weighted by Crippen LogP contribution is 2.40. The molecule has 6 N–H and O–H groups in total. The zero-order valence-electron chi connectivity index (χ0n) is 77.6. The van der Waals surface area contributed by atoms with E-state index in [-0.39, 0.29) is 86.2 Å². The molecule has 2 saturated heterocycles. The number of fused-ring (bicyclic) bond motifs is 6. The van der Waals surface area contributed by atoms with Gasteiger partial charge in [-0.15, -0.1) is 0 Å². The van der Waals surface area contributed by atoms with Crippen molar-refractivity contribution in [2.45, 2.75) is 225 Å². The van der Waals surface area contributed by atoms with E-state index in [0.29, 0.717) is 223 Å². The maximum atomic E-state index is 14.9. The van der Waals surface area contributed by atoms with E-state index < -0.39 is 78.1 Å². The van der Waals surface area contributed by atoms with Crippen molar-refractivity contribution in [3.63, 3.8) is 0 Å². The molecule has 714 valence electrons. The molecule has 8 heterocycles. The number of rotatable bonds is 41. The second-order valence-corrected chi connectivity index (χ2v) is 35.0. The molecule has 10 rings (SSSR count). The normalized spacial score (nSPS) is 27.7. The van der Waals surface area contributed by atoms with Crippen LogP contribution in [-0.4, -0.2) is 304 Å². The second kappa shape index (κ2) is 53.5. The van der Waals surface area contributed by atoms with Gasteiger partial charge in [-0.05, 0) is 149 Å². The molecule has 33 nitrogen and oxygen atoms in total. The van der Waals surface area contributed by atoms with Gasteiger partial charge in [0.25, 0.3) is 11.7 Å². The number of nitrogens with zero attached hydrogens (tertiary/aromatic N) is 8. The van der Waals surface area contributed by atoms with Crippen molar-refractivity contribution in [1.82, 2.24) is 39.5 Å². The molecule has 0 spiro atoms. The number of aromatic amines is 1. The number of allylic oxidation sites excluding steroid dienone is 5. The van der Waals surface area contributed by atoms with E-state index in [1.807, 2.05) is 86.0 Å². The van der Waals surface area contributed by atoms with E-state index in [4.69, 9.17) is 82.0 Å². The number of carbonyl (C=O) groups is 5. The van der Waals surface area contributed by atoms with Crippen molar-refractivity contribution in [3.05, 3.63) is 113 Å². The molecule has 1 aliphatic carbocycles. The van der Waals surface area contributed by atoms with Gasteiger partial charge < -0.3 is 107 Å². The minimum Gasteiger partial charge on any atom is -0.460 e. The van der Waals surface area contributed by atoms with Crippen LogP contribution in [0.1, 0.15) is 161 Å². The number of pyridine rings is 1. The molecule has 0 unspecified atom stereocenters. The third-order valence-electron chi connectivity index (χ3n) is 25.4. The molecule has 5 aliphatic rings. The van der Waals surface area contributed by atoms with Crippen LogP contribution in [0.2, 0.25) is 0 Å². The summed E-state index contributed by atoms with van der Waals surface area (Å²) in [5, 5.41) is 46.5. The van der Waals surface area contributed by atoms with E-state index in [2.05, 4.69) is 56.3 Å². The van der Waals surface area contributed by atoms with E-state index in [1.54, 1.807) is 41.4 Å². The molecule has 4 aromatic heterocycles. The van der Waals surface area contributed by atoms with Crippen molar-refractivity contribution >= 4 is 62.9 Å². The van der Waals surface area contributed by atoms with Gasteiger partial charge in [0.2, 0.25) is 11.7 Å². The lowest BCUT2D eigenvalue weighted by molar-refractivity contribution is -0.265. The summed E-state index contributed by atoms with van der Waals surface area (Å²) in [4.78, 5) is 95.9. The number of nitrogens with two attached hydrogens (primary N) is 1. The van der Waals surface area contributed by atoms with Crippen LogP contribution in [0.15, 0.2) is 102 Å². The molecule has 0 radical (unpaired) electrons. The number of ketones is 2. The fraction of sp³-hybridized carbons (Fsp3) is 0.667. The Kier molecular flexibility index (Phi) is 42.7. The van der Waals surface area contributed by atoms with Gasteiger partial charge >= 0.3 is 5.97 Å². The van der Waals surface area contributed by atoms with Gasteiger partial charge in [0.15, 0.2) is 18.0 Å². The lowest BCUT2D eigenvalue weighted by Crippen LogP contribution is -2.61. The summed E-state index contributed by atoms with van der Waals surface area (Å²) in [5.74, 6) is -6.54. The quantitative estimate of drug-likeness (QED) is 0.00798. The van der Waals surface area contributed by atoms with Crippen LogP contribution in [0.25, 0.3) is 33.3 Å². The lowest BCUT2D eigenvalue weighted by Gasteiger charge is -2.43. The zero-order valence-corrected chi connectivity index (χ0v) is 77.6. The highest BCUT2D eigenvalue weighted by Gasteiger charge is 2.53. The highest BCUT2D eigenvalue weighted by atomic mass is 16.6. The van der Waals surface area contributed by atoms with Gasteiger partial charge in [-0.1, -0.05) is 94.4 Å². The summed E-state index contributed by atoms with van der Waals surface area (Å²) in [6.07, 6.45) is 18.8. The first-order chi connectivity index (χ1) is 62.4. The second-order valence-electron chi connectivity index (χ2n) is 35.0. The number of aromatic nitrogens is 6. The monoisotopic (exact) mass is 1800 g/mol. The number of benzene rings is 1. The molecule has 2 amide bonds. The van der Waals surface area contributed by atoms with Crippen LogP contribution in [0.4, 0.5) is 5.82 Å². The Labute approximate surface area is 759 Å². The number of anilines is 1. The molecule has 33 heteroatoms. The predicted octanol–water partition coefficient (Wildman–Crippen LogP) is 10.2. The topological polar surface area (TPSA) is 402 Å². The number of carbonyl (C=O) groups excluding carboxylic acids is 5. The summed E-state index contributed by atoms with van der Waals surface area (Å²) < 4.78 is 84.1. The standard InChI is InChI=1S/C96H142N10O23/c1-63-18-13-12-14-19-64(2)80(115-8)56-77-26-22-69(7)96(114,129-77)90(111)94(112)105-32-16-15-21-78(105)95(113)128-82(66(4)52-70-24-27-79(108)83(54-70)117-10)57-81(116-9)65(3)51-68(6)88(110)89(118-11)86(67(5)50-63)103-127-61-76(107)20-17-34-119-36-38-121-40-42-123-44-46-125-48-49-126-47-45-124-43-41-122-39-37-120-35-30-84(109)104-33-29-72-53-71(23-25-74(72)60-104)59-106-93-85(91(97)100-62-101-93)87(102-106)75-55-73-28-31-98-92(73)99-58-75/h12-14,18-19,23,25,28,31,51,53,55,58,62-63,65-67,69-70,77-83,88-89,108,110,114H,15-17,20-22,24,26-27,29-30,32-50,52,54,56-57,59-61H2,1-11H3,(H,98,99)(H2,97,100,101)/b14-12+,18-13+,64-19+,68-51+,103-86?/t63-,65-,66-,67-,69-,70+,77+,78+,79-,80+,81-,82+,83-,88-,89+,96-/m1/s1. The van der Waals surface area contributed by atoms with Crippen LogP contribution in [-0.2, 0) is 115 Å². The Hall–Kier alpha value is -8.20. The highest BCUT2D eigenvalue weighted by molar-refractivity contribution is 6.39. The van der Waals surface area contributed by atoms with E-state index in [9.17, 15) is 39.3 Å². The fourth-order valence-electron chi connectivity index (χ4n) is 17.8. The van der Waals surface area contributed by atoms with Gasteiger partial charge in [-0.3, -0.25) is 19.2 Å². The number of ether oxygens (including phenoxy) is 14. The number of aliphatic hydroxyl groups is 3. The number of amides is 2. The number of Topliss-reactive ketones (excluding diaryl/α,β-unsaturated/α-hetero) is 2. The summed E-state index contributed by atoms with van der Waals surface area (Å²) >= 11 is 0. The van der Waals surface area contributed by atoms with Gasteiger partial charge in [-0.2, -0.15) is 5.10 Å². The number of H-pyrrole nitrogens is 1. The molecule has 5 aromatic rings. The average Bonchev–Trinajstić information content (AvgIpc) is 1.57. The summed E-state index contributed by atoms with van der Waals surface area (Å²) in [6.45, 7) is 21.0. The van der Waals surface area contributed by atoms with Crippen molar-refractivity contribution in [2.75, 3.05) is 160 Å². The largest absolute Gasteiger partial charge is 0.460 e. The van der Waals surface area contributed by atoms with Crippen molar-refractivity contribution < 1.29 is 110 Å². The maximum Gasteiger partial charge on any atom is 0.329 e. The number of methoxy groups -OCH3 is 4. The van der Waals surface area contributed by atoms with Crippen LogP contribution in [0.3, 0.4) is 0 Å². The third-order valence-corrected chi connectivity index (χ3v) is 25.4. The van der Waals surface area contributed by atoms with Crippen LogP contribution >= 0.6 is 0 Å². The van der Waals surface area contributed by atoms with E-state index in [1.165, 1.54) is 23.9 Å². The fourth-order valence-corrected chi connectivity index (χ4v) is 17.8. The van der Waals surface area contributed by atoms with Gasteiger partial charge in [0.05, 0.1) is 154 Å². The van der Waals surface area contributed by atoms with Gasteiger partial charge in [0, 0.05) is 115 Å². The Balaban J connectivity index is 0.586. The van der Waals surface area contributed by atoms with Crippen LogP contribution < -0.4 is 5.73 Å². The van der Waals surface area contributed by atoms with Crippen molar-refractivity contribution in [2.24, 2.45) is 40.7 Å². The first-order valence-corrected chi connectivity index (χ1v) is 46.2. The number of cyclic esters (lactones) is 1. The summed E-state index contributed by atoms with van der Waals surface area (Å²) in [6, 6.07) is 9.24. The van der Waals surface area contributed by atoms with Gasteiger partial charge in [-0.25, -0.2) is 24.4 Å². The number of hydrogen-bond acceptors (Lipinski definition) is 29. The SMILES string of the molecule is CO[C@H]1C[C@@H]2CC[C@@H](C)[C@@](O)(O2)C(=O)C(=O)N2CCCC[C@H]2C(=O)O[C@H]([C@H](C)C[C@@H]2CC[C@@H](O)[C@H](OC)C2)C[C@@H](OC)[C@H](C)/C=C(\C)[C@@H](O)[C@@H](OC)C(=NOCC(=O)CCCOCCOCCOCCOCCOCCOCCOCCOCCC(=O)N2CCc3cc(Cn4nc(-c5cnc6[nH]ccc6c5)c5c(N)ncnc54)ccc3C2)[C@H](C)C[C@H](C)/C=C/C=C/C=C/1C. The summed E-state index contributed by atoms with van der Waals surface area (Å²) in [7, 11) is 6.26. The molecular weight excluding hydrogens is 1660 g/mol. The van der Waals surface area contributed by atoms with Gasteiger partial charge in [0.1, 0.15) is 47.8 Å². The molecular formula is C96H142N10O23. The zero-order chi connectivity index (χ0) is 92.2. The maximum absolute atomic E-state index is 14.9. The first-order valence-electron chi connectivity index (χ1n) is 46.2. The molecule has 4 aliphatic heterocycles. The number of nitrogens with one attached hydrogen (secondary N) is 1. The Bertz CT molecular complexity index is 4480. The minimum atomic E-state index is -2.44. The Morgan fingerprint density at radius 2 is 1.39 bits per heavy atom. The number of nitrogen functional groups attached to an aromatic ring is 1. The number of piperidine rings is 1. The number of oxime groups is 1. The number of hydrogen-bond donors (Lipinski definition) is 5. The first kappa shape index (κ1) is 103. The predicted molar refractivity (Wildman–Crippen MR) is 484 cm³/mol. The third kappa shape index (κ3) is 30.7. The summed E-state index contributed by atoms with van der Waals surface area (Å²) in [5.41, 5.74) is 14.5. The van der Waals surface area contributed by atoms with E-state index in [0.717, 1.165) is 46.1 Å². The molecule has 1 saturated carbocycles. The molecule has 2 bridgehead atoms. The Morgan fingerprint density at radius 3 is 2.06 bits per heavy atom. The Morgan fingerprint density at radius 1 is 0.705 bits per heavy atom. The molecule has 129 heavy (non-hydrogen) atoms. The van der Waals surface area contributed by atoms with Crippen molar-refractivity contribution in [3.8, 4) is 11.3 Å². The lowest BCUT2D eigenvalue weighted by atomic mass is 9.78.